The highest BCUT2D eigenvalue weighted by molar-refractivity contribution is 5.99. The van der Waals surface area contributed by atoms with E-state index in [1.165, 1.54) is 17.0 Å². The summed E-state index contributed by atoms with van der Waals surface area (Å²) in [5.41, 5.74) is 3.25. The molecule has 3 aromatic rings. The minimum atomic E-state index is -0.325. The lowest BCUT2D eigenvalue weighted by atomic mass is 10.1. The molecule has 6 nitrogen and oxygen atoms in total. The number of rotatable bonds is 3. The molecular formula is C19H17N5O. The molecule has 0 radical (unpaired) electrons. The van der Waals surface area contributed by atoms with Gasteiger partial charge in [-0.1, -0.05) is 24.3 Å². The van der Waals surface area contributed by atoms with Crippen LogP contribution in [0, 0.1) is 25.2 Å². The quantitative estimate of drug-likeness (QED) is 0.745. The Bertz CT molecular complexity index is 1040. The van der Waals surface area contributed by atoms with Gasteiger partial charge in [0.2, 0.25) is 5.91 Å². The number of carbonyl (C=O) groups excluding carboxylic acids is 1. The summed E-state index contributed by atoms with van der Waals surface area (Å²) >= 11 is 0. The summed E-state index contributed by atoms with van der Waals surface area (Å²) in [6.07, 6.45) is 4.44. The molecule has 6 heteroatoms. The molecule has 0 aliphatic heterocycles. The van der Waals surface area contributed by atoms with E-state index in [9.17, 15) is 10.1 Å². The van der Waals surface area contributed by atoms with E-state index in [0.717, 1.165) is 22.0 Å². The molecule has 0 fully saturated rings. The van der Waals surface area contributed by atoms with Crippen LogP contribution in [0.1, 0.15) is 23.6 Å². The number of aryl methyl sites for hydroxylation is 2. The number of nitriles is 1. The first-order chi connectivity index (χ1) is 12.0. The Morgan fingerprint density at radius 3 is 2.84 bits per heavy atom. The Balaban J connectivity index is 2.19. The Morgan fingerprint density at radius 2 is 2.12 bits per heavy atom. The lowest BCUT2D eigenvalue weighted by Crippen LogP contribution is -2.14. The van der Waals surface area contributed by atoms with Crippen molar-refractivity contribution in [2.75, 3.05) is 5.32 Å². The first kappa shape index (κ1) is 16.4. The molecule has 1 N–H and O–H groups in total. The molecule has 0 aliphatic rings. The molecule has 0 atom stereocenters. The van der Waals surface area contributed by atoms with E-state index in [-0.39, 0.29) is 11.5 Å². The third kappa shape index (κ3) is 3.00. The van der Waals surface area contributed by atoms with Crippen LogP contribution in [0.15, 0.2) is 42.6 Å². The van der Waals surface area contributed by atoms with Gasteiger partial charge in [0.05, 0.1) is 11.7 Å². The predicted octanol–water partition coefficient (Wildman–Crippen LogP) is 3.42. The van der Waals surface area contributed by atoms with Crippen molar-refractivity contribution in [1.29, 1.82) is 5.26 Å². The molecule has 0 unspecified atom stereocenters. The van der Waals surface area contributed by atoms with Crippen LogP contribution < -0.4 is 5.32 Å². The molecule has 25 heavy (non-hydrogen) atoms. The Kier molecular flexibility index (Phi) is 4.31. The molecule has 0 saturated heterocycles. The van der Waals surface area contributed by atoms with Gasteiger partial charge in [0.15, 0.2) is 11.6 Å². The van der Waals surface area contributed by atoms with Crippen LogP contribution in [0.5, 0.6) is 0 Å². The van der Waals surface area contributed by atoms with Crippen molar-refractivity contribution in [3.8, 4) is 11.9 Å². The molecular weight excluding hydrogens is 314 g/mol. The van der Waals surface area contributed by atoms with Crippen molar-refractivity contribution >= 4 is 22.6 Å². The topological polar surface area (TPSA) is 83.6 Å². The van der Waals surface area contributed by atoms with E-state index in [4.69, 9.17) is 0 Å². The van der Waals surface area contributed by atoms with Gasteiger partial charge in [-0.25, -0.2) is 4.98 Å². The van der Waals surface area contributed by atoms with E-state index in [0.29, 0.717) is 11.6 Å². The molecule has 124 valence electrons. The van der Waals surface area contributed by atoms with E-state index >= 15 is 0 Å². The number of pyridine rings is 1. The zero-order valence-electron chi connectivity index (χ0n) is 14.2. The number of benzene rings is 1. The maximum Gasteiger partial charge on any atom is 0.249 e. The van der Waals surface area contributed by atoms with Crippen molar-refractivity contribution in [3.63, 3.8) is 0 Å². The molecule has 2 aromatic heterocycles. The highest BCUT2D eigenvalue weighted by Gasteiger charge is 2.16. The third-order valence-electron chi connectivity index (χ3n) is 3.90. The van der Waals surface area contributed by atoms with Gasteiger partial charge >= 0.3 is 0 Å². The molecule has 0 aliphatic carbocycles. The Morgan fingerprint density at radius 1 is 1.32 bits per heavy atom. The minimum Gasteiger partial charge on any atom is -0.306 e. The summed E-state index contributed by atoms with van der Waals surface area (Å²) < 4.78 is 1.48. The Labute approximate surface area is 145 Å². The van der Waals surface area contributed by atoms with Gasteiger partial charge in [0.1, 0.15) is 11.6 Å². The lowest BCUT2D eigenvalue weighted by molar-refractivity contribution is -0.111. The lowest BCUT2D eigenvalue weighted by Gasteiger charge is -2.11. The second-order valence-electron chi connectivity index (χ2n) is 5.69. The molecule has 0 saturated carbocycles. The highest BCUT2D eigenvalue weighted by atomic mass is 16.1. The molecule has 0 spiro atoms. The largest absolute Gasteiger partial charge is 0.306 e. The summed E-state index contributed by atoms with van der Waals surface area (Å²) in [4.78, 5) is 16.6. The van der Waals surface area contributed by atoms with Gasteiger partial charge in [0, 0.05) is 5.39 Å². The minimum absolute atomic E-state index is 0.280. The summed E-state index contributed by atoms with van der Waals surface area (Å²) in [6, 6.07) is 9.95. The zero-order chi connectivity index (χ0) is 18.0. The number of fused-ring (bicyclic) bond motifs is 1. The first-order valence-electron chi connectivity index (χ1n) is 7.84. The average Bonchev–Trinajstić information content (AvgIpc) is 2.98. The van der Waals surface area contributed by atoms with Crippen molar-refractivity contribution in [1.82, 2.24) is 14.8 Å². The molecule has 3 rings (SSSR count). The fourth-order valence-electron chi connectivity index (χ4n) is 2.69. The second-order valence-corrected chi connectivity index (χ2v) is 5.69. The molecule has 0 bridgehead atoms. The van der Waals surface area contributed by atoms with Crippen molar-refractivity contribution in [2.24, 2.45) is 0 Å². The van der Waals surface area contributed by atoms with Gasteiger partial charge in [-0.05, 0) is 44.0 Å². The number of hydrogen-bond acceptors (Lipinski definition) is 4. The second kappa shape index (κ2) is 6.57. The summed E-state index contributed by atoms with van der Waals surface area (Å²) in [6.45, 7) is 5.75. The first-order valence-corrected chi connectivity index (χ1v) is 7.84. The number of amides is 1. The average molecular weight is 331 g/mol. The number of nitrogens with one attached hydrogen (secondary N) is 1. The van der Waals surface area contributed by atoms with Gasteiger partial charge in [-0.2, -0.15) is 15.0 Å². The number of allylic oxidation sites excluding steroid dienone is 1. The summed E-state index contributed by atoms with van der Waals surface area (Å²) in [5.74, 6) is 0.538. The van der Waals surface area contributed by atoms with Crippen molar-refractivity contribution in [2.45, 2.75) is 20.8 Å². The summed E-state index contributed by atoms with van der Waals surface area (Å²) in [7, 11) is 0. The number of carbonyl (C=O) groups is 1. The van der Waals surface area contributed by atoms with Gasteiger partial charge in [-0.3, -0.25) is 4.79 Å². The molecule has 1 amide bonds. The molecule has 2 heterocycles. The smallest absolute Gasteiger partial charge is 0.249 e. The number of aromatic nitrogens is 3. The van der Waals surface area contributed by atoms with E-state index < -0.39 is 0 Å². The van der Waals surface area contributed by atoms with Crippen LogP contribution in [-0.2, 0) is 4.79 Å². The van der Waals surface area contributed by atoms with Gasteiger partial charge in [0.25, 0.3) is 0 Å². The molecule has 1 aromatic carbocycles. The standard InChI is InChI=1S/C19H17N5O/c1-4-6-17(25)23-19-14(10-20)11-21-24(19)16-9-13(3)15-8-5-7-12(2)18(15)22-16/h4-9,11H,1-3H3,(H,23,25)/b6-4+. The number of para-hydroxylation sites is 1. The summed E-state index contributed by atoms with van der Waals surface area (Å²) in [5, 5.41) is 17.3. The van der Waals surface area contributed by atoms with E-state index in [2.05, 4.69) is 15.4 Å². The van der Waals surface area contributed by atoms with Crippen LogP contribution in [0.25, 0.3) is 16.7 Å². The van der Waals surface area contributed by atoms with Crippen LogP contribution >= 0.6 is 0 Å². The number of hydrogen-bond donors (Lipinski definition) is 1. The zero-order valence-corrected chi connectivity index (χ0v) is 14.2. The van der Waals surface area contributed by atoms with Crippen LogP contribution in [-0.4, -0.2) is 20.7 Å². The van der Waals surface area contributed by atoms with Crippen LogP contribution in [0.2, 0.25) is 0 Å². The SMILES string of the molecule is C/C=C/C(=O)Nc1c(C#N)cnn1-c1cc(C)c2cccc(C)c2n1. The number of anilines is 1. The fraction of sp³-hybridized carbons (Fsp3) is 0.158. The maximum atomic E-state index is 11.9. The van der Waals surface area contributed by atoms with E-state index in [1.54, 1.807) is 13.0 Å². The normalized spacial score (nSPS) is 11.0. The van der Waals surface area contributed by atoms with Crippen molar-refractivity contribution < 1.29 is 4.79 Å². The fourth-order valence-corrected chi connectivity index (χ4v) is 2.69. The van der Waals surface area contributed by atoms with Crippen molar-refractivity contribution in [3.05, 3.63) is 59.3 Å². The number of nitrogens with zero attached hydrogens (tertiary/aromatic N) is 4. The Hall–Kier alpha value is -3.46. The maximum absolute atomic E-state index is 11.9. The predicted molar refractivity (Wildman–Crippen MR) is 96.5 cm³/mol. The highest BCUT2D eigenvalue weighted by Crippen LogP contribution is 2.25. The van der Waals surface area contributed by atoms with Gasteiger partial charge < -0.3 is 5.32 Å². The van der Waals surface area contributed by atoms with E-state index in [1.807, 2.05) is 44.2 Å². The third-order valence-corrected chi connectivity index (χ3v) is 3.90. The van der Waals surface area contributed by atoms with Gasteiger partial charge in [-0.15, -0.1) is 0 Å². The monoisotopic (exact) mass is 331 g/mol. The van der Waals surface area contributed by atoms with Crippen LogP contribution in [0.3, 0.4) is 0 Å². The van der Waals surface area contributed by atoms with Crippen LogP contribution in [0.4, 0.5) is 5.82 Å².